The zero-order chi connectivity index (χ0) is 14.9. The molecule has 0 saturated carbocycles. The average Bonchev–Trinajstić information content (AvgIpc) is 3.06. The summed E-state index contributed by atoms with van der Waals surface area (Å²) < 4.78 is 16.6. The minimum Gasteiger partial charge on any atom is -0.454 e. The summed E-state index contributed by atoms with van der Waals surface area (Å²) in [7, 11) is 1.75. The van der Waals surface area contributed by atoms with Gasteiger partial charge in [-0.1, -0.05) is 12.2 Å². The highest BCUT2D eigenvalue weighted by Gasteiger charge is 2.58. The maximum atomic E-state index is 10.8. The van der Waals surface area contributed by atoms with E-state index in [9.17, 15) is 5.11 Å². The number of aliphatic hydroxyl groups excluding tert-OH is 1. The van der Waals surface area contributed by atoms with Crippen molar-refractivity contribution in [3.05, 3.63) is 35.4 Å². The van der Waals surface area contributed by atoms with Gasteiger partial charge in [0.05, 0.1) is 17.6 Å². The van der Waals surface area contributed by atoms with Gasteiger partial charge in [-0.05, 0) is 29.7 Å². The van der Waals surface area contributed by atoms with E-state index in [1.54, 1.807) is 7.11 Å². The molecule has 4 aliphatic rings. The molecular weight excluding hydrogens is 282 g/mol. The van der Waals surface area contributed by atoms with E-state index in [0.29, 0.717) is 6.54 Å². The van der Waals surface area contributed by atoms with Crippen LogP contribution in [0.5, 0.6) is 11.5 Å². The third-order valence-electron chi connectivity index (χ3n) is 5.73. The van der Waals surface area contributed by atoms with Gasteiger partial charge in [0, 0.05) is 26.2 Å². The summed E-state index contributed by atoms with van der Waals surface area (Å²) in [6.07, 6.45) is 4.91. The van der Waals surface area contributed by atoms with Crippen LogP contribution in [-0.4, -0.2) is 48.7 Å². The standard InChI is InChI=1S/C17H19NO4/c1-20-11-2-3-17-12-6-14-13(21-9-22-14)4-10(12)7-18(8-16(17)19)15(17)5-11/h2-4,6,11,15-16,19H,5,7-9H2,1H3/t11-,15?,16-,17-/m1/s1. The molecule has 1 N–H and O–H groups in total. The number of nitrogens with zero attached hydrogens (tertiary/aromatic N) is 1. The second-order valence-corrected chi connectivity index (χ2v) is 6.63. The molecule has 0 amide bonds. The number of aliphatic hydroxyl groups is 1. The third-order valence-corrected chi connectivity index (χ3v) is 5.73. The van der Waals surface area contributed by atoms with Crippen LogP contribution in [0.3, 0.4) is 0 Å². The molecular formula is C17H19NO4. The molecule has 116 valence electrons. The molecule has 0 aromatic heterocycles. The Morgan fingerprint density at radius 1 is 1.32 bits per heavy atom. The first-order chi connectivity index (χ1) is 10.7. The van der Waals surface area contributed by atoms with Gasteiger partial charge < -0.3 is 19.3 Å². The van der Waals surface area contributed by atoms with Gasteiger partial charge in [0.15, 0.2) is 11.5 Å². The molecule has 5 nitrogen and oxygen atoms in total. The van der Waals surface area contributed by atoms with E-state index < -0.39 is 6.10 Å². The summed E-state index contributed by atoms with van der Waals surface area (Å²) in [5.41, 5.74) is 2.08. The first-order valence-corrected chi connectivity index (χ1v) is 7.79. The number of rotatable bonds is 1. The molecule has 1 aliphatic carbocycles. The molecule has 0 radical (unpaired) electrons. The van der Waals surface area contributed by atoms with E-state index in [0.717, 1.165) is 24.5 Å². The van der Waals surface area contributed by atoms with Crippen LogP contribution < -0.4 is 9.47 Å². The van der Waals surface area contributed by atoms with Crippen molar-refractivity contribution >= 4 is 0 Å². The molecule has 5 atom stereocenters. The Labute approximate surface area is 129 Å². The fraction of sp³-hybridized carbons (Fsp3) is 0.529. The zero-order valence-corrected chi connectivity index (χ0v) is 12.5. The van der Waals surface area contributed by atoms with Crippen LogP contribution in [0.2, 0.25) is 0 Å². The summed E-state index contributed by atoms with van der Waals surface area (Å²) in [6.45, 7) is 1.83. The van der Waals surface area contributed by atoms with Crippen LogP contribution in [-0.2, 0) is 16.7 Å². The second-order valence-electron chi connectivity index (χ2n) is 6.63. The highest BCUT2D eigenvalue weighted by atomic mass is 16.7. The van der Waals surface area contributed by atoms with E-state index in [4.69, 9.17) is 14.2 Å². The van der Waals surface area contributed by atoms with Gasteiger partial charge in [-0.25, -0.2) is 0 Å². The molecule has 22 heavy (non-hydrogen) atoms. The maximum Gasteiger partial charge on any atom is 0.231 e. The van der Waals surface area contributed by atoms with E-state index in [-0.39, 0.29) is 24.4 Å². The number of ether oxygens (including phenoxy) is 3. The lowest BCUT2D eigenvalue weighted by atomic mass is 9.65. The predicted octanol–water partition coefficient (Wildman–Crippen LogP) is 1.19. The predicted molar refractivity (Wildman–Crippen MR) is 79.0 cm³/mol. The van der Waals surface area contributed by atoms with E-state index in [2.05, 4.69) is 29.2 Å². The van der Waals surface area contributed by atoms with Gasteiger partial charge in [-0.15, -0.1) is 0 Å². The summed E-state index contributed by atoms with van der Waals surface area (Å²) in [6, 6.07) is 4.44. The largest absolute Gasteiger partial charge is 0.454 e. The Balaban J connectivity index is 1.72. The van der Waals surface area contributed by atoms with Gasteiger partial charge >= 0.3 is 0 Å². The van der Waals surface area contributed by atoms with Gasteiger partial charge in [0.2, 0.25) is 6.79 Å². The van der Waals surface area contributed by atoms with Crippen LogP contribution in [0.4, 0.5) is 0 Å². The Morgan fingerprint density at radius 2 is 2.14 bits per heavy atom. The van der Waals surface area contributed by atoms with Crippen molar-refractivity contribution in [2.24, 2.45) is 0 Å². The van der Waals surface area contributed by atoms with Crippen molar-refractivity contribution < 1.29 is 19.3 Å². The van der Waals surface area contributed by atoms with Crippen molar-refractivity contribution in [3.8, 4) is 11.5 Å². The molecule has 3 heterocycles. The summed E-state index contributed by atoms with van der Waals surface area (Å²) >= 11 is 0. The van der Waals surface area contributed by atoms with Crippen molar-refractivity contribution in [1.29, 1.82) is 0 Å². The fourth-order valence-corrected chi connectivity index (χ4v) is 4.69. The highest BCUT2D eigenvalue weighted by Crippen LogP contribution is 2.53. The molecule has 1 fully saturated rings. The topological polar surface area (TPSA) is 51.2 Å². The second kappa shape index (κ2) is 4.25. The summed E-state index contributed by atoms with van der Waals surface area (Å²) in [5, 5.41) is 10.8. The first-order valence-electron chi connectivity index (χ1n) is 7.79. The molecule has 1 saturated heterocycles. The van der Waals surface area contributed by atoms with E-state index in [1.165, 1.54) is 11.1 Å². The van der Waals surface area contributed by atoms with Crippen LogP contribution in [0.15, 0.2) is 24.3 Å². The Bertz CT molecular complexity index is 673. The van der Waals surface area contributed by atoms with Crippen molar-refractivity contribution in [2.45, 2.75) is 36.6 Å². The molecule has 2 bridgehead atoms. The van der Waals surface area contributed by atoms with Crippen LogP contribution in [0.1, 0.15) is 17.5 Å². The molecule has 1 aromatic carbocycles. The lowest BCUT2D eigenvalue weighted by molar-refractivity contribution is 0.0660. The Hall–Kier alpha value is -1.56. The zero-order valence-electron chi connectivity index (χ0n) is 12.5. The number of fused-ring (bicyclic) bond motifs is 2. The smallest absolute Gasteiger partial charge is 0.231 e. The third kappa shape index (κ3) is 1.44. The molecule has 2 unspecified atom stereocenters. The van der Waals surface area contributed by atoms with Crippen molar-refractivity contribution in [1.82, 2.24) is 4.90 Å². The Kier molecular flexibility index (Phi) is 2.50. The van der Waals surface area contributed by atoms with E-state index >= 15 is 0 Å². The molecule has 5 rings (SSSR count). The van der Waals surface area contributed by atoms with Crippen molar-refractivity contribution in [2.75, 3.05) is 20.4 Å². The molecule has 3 aliphatic heterocycles. The number of methoxy groups -OCH3 is 1. The lowest BCUT2D eigenvalue weighted by Crippen LogP contribution is -2.52. The maximum absolute atomic E-state index is 10.8. The molecule has 0 spiro atoms. The number of hydrogen-bond acceptors (Lipinski definition) is 5. The van der Waals surface area contributed by atoms with Gasteiger partial charge in [-0.2, -0.15) is 0 Å². The highest BCUT2D eigenvalue weighted by molar-refractivity contribution is 5.56. The van der Waals surface area contributed by atoms with Gasteiger partial charge in [-0.3, -0.25) is 4.90 Å². The number of hydrogen-bond donors (Lipinski definition) is 1. The van der Waals surface area contributed by atoms with E-state index in [1.807, 2.05) is 0 Å². The fourth-order valence-electron chi connectivity index (χ4n) is 4.69. The monoisotopic (exact) mass is 301 g/mol. The lowest BCUT2D eigenvalue weighted by Gasteiger charge is -2.46. The van der Waals surface area contributed by atoms with Crippen LogP contribution >= 0.6 is 0 Å². The average molecular weight is 301 g/mol. The van der Waals surface area contributed by atoms with Gasteiger partial charge in [0.1, 0.15) is 0 Å². The molecule has 5 heteroatoms. The Morgan fingerprint density at radius 3 is 2.95 bits per heavy atom. The number of benzene rings is 1. The van der Waals surface area contributed by atoms with Gasteiger partial charge in [0.25, 0.3) is 0 Å². The summed E-state index contributed by atoms with van der Waals surface area (Å²) in [5.74, 6) is 1.61. The normalized spacial score (nSPS) is 40.5. The molecule has 1 aromatic rings. The van der Waals surface area contributed by atoms with Crippen molar-refractivity contribution in [3.63, 3.8) is 0 Å². The summed E-state index contributed by atoms with van der Waals surface area (Å²) in [4.78, 5) is 2.38. The SMILES string of the molecule is CO[C@@H]1C=C[C@]23c4cc5c(cc4CN(C[C@H]2O)C3C1)OCO5. The van der Waals surface area contributed by atoms with Crippen LogP contribution in [0, 0.1) is 0 Å². The minimum absolute atomic E-state index is 0.126. The minimum atomic E-state index is -0.395. The first kappa shape index (κ1) is 12.9. The quantitative estimate of drug-likeness (QED) is 0.790. The van der Waals surface area contributed by atoms with Crippen LogP contribution in [0.25, 0.3) is 0 Å².